The van der Waals surface area contributed by atoms with Gasteiger partial charge in [0.15, 0.2) is 0 Å². The zero-order valence-corrected chi connectivity index (χ0v) is 10.5. The molecule has 1 rings (SSSR count). The molecule has 0 aromatic carbocycles. The molecule has 0 saturated heterocycles. The molecule has 0 saturated carbocycles. The van der Waals surface area contributed by atoms with Crippen LogP contribution in [0, 0.1) is 0 Å². The van der Waals surface area contributed by atoms with E-state index in [1.165, 1.54) is 14.0 Å². The summed E-state index contributed by atoms with van der Waals surface area (Å²) in [5.74, 6) is -0.455. The molecule has 0 radical (unpaired) electrons. The molecule has 17 heavy (non-hydrogen) atoms. The summed E-state index contributed by atoms with van der Waals surface area (Å²) in [5.41, 5.74) is 0.912. The van der Waals surface area contributed by atoms with Crippen molar-refractivity contribution in [2.24, 2.45) is 0 Å². The van der Waals surface area contributed by atoms with E-state index < -0.39 is 5.97 Å². The van der Waals surface area contributed by atoms with E-state index in [0.717, 1.165) is 0 Å². The molecular weight excluding hydrogens is 238 g/mol. The van der Waals surface area contributed by atoms with Crippen LogP contribution in [0.15, 0.2) is 18.2 Å². The van der Waals surface area contributed by atoms with E-state index in [1.807, 2.05) is 0 Å². The molecule has 1 aromatic rings. The molecule has 0 aliphatic carbocycles. The normalized spacial score (nSPS) is 9.76. The first kappa shape index (κ1) is 13.4. The molecule has 4 nitrogen and oxygen atoms in total. The van der Waals surface area contributed by atoms with Gasteiger partial charge in [-0.15, -0.1) is 0 Å². The van der Waals surface area contributed by atoms with Gasteiger partial charge >= 0.3 is 5.97 Å². The van der Waals surface area contributed by atoms with Crippen molar-refractivity contribution < 1.29 is 14.3 Å². The summed E-state index contributed by atoms with van der Waals surface area (Å²) >= 11 is 5.07. The summed E-state index contributed by atoms with van der Waals surface area (Å²) in [7, 11) is 1.30. The molecule has 0 atom stereocenters. The van der Waals surface area contributed by atoms with Gasteiger partial charge in [-0.2, -0.15) is 0 Å². The standard InChI is InChI=1S/C12H13NO3S/c1-8(14)6-10(17)7-9-4-3-5-11(13-9)12(15)16-2/h3-5H,6-7H2,1-2H3. The summed E-state index contributed by atoms with van der Waals surface area (Å²) in [5, 5.41) is 0. The van der Waals surface area contributed by atoms with Crippen LogP contribution in [0.3, 0.4) is 0 Å². The first-order valence-electron chi connectivity index (χ1n) is 5.08. The average molecular weight is 251 g/mol. The molecule has 1 heterocycles. The minimum absolute atomic E-state index is 0.0270. The lowest BCUT2D eigenvalue weighted by atomic mass is 10.1. The number of rotatable bonds is 5. The number of hydrogen-bond donors (Lipinski definition) is 0. The van der Waals surface area contributed by atoms with Gasteiger partial charge in [-0.3, -0.25) is 4.79 Å². The average Bonchev–Trinajstić information content (AvgIpc) is 2.27. The Hall–Kier alpha value is -1.62. The molecule has 90 valence electrons. The Kier molecular flexibility index (Phi) is 4.90. The molecule has 5 heteroatoms. The fraction of sp³-hybridized carbons (Fsp3) is 0.333. The van der Waals surface area contributed by atoms with Crippen LogP contribution in [-0.4, -0.2) is 28.7 Å². The smallest absolute Gasteiger partial charge is 0.356 e. The van der Waals surface area contributed by atoms with E-state index in [9.17, 15) is 9.59 Å². The van der Waals surface area contributed by atoms with Gasteiger partial charge in [0.05, 0.1) is 7.11 Å². The van der Waals surface area contributed by atoms with Crippen molar-refractivity contribution in [3.8, 4) is 0 Å². The molecule has 1 aromatic heterocycles. The van der Waals surface area contributed by atoms with Crippen LogP contribution in [-0.2, 0) is 16.0 Å². The molecule has 0 spiro atoms. The number of hydrogen-bond acceptors (Lipinski definition) is 5. The van der Waals surface area contributed by atoms with Crippen LogP contribution >= 0.6 is 12.2 Å². The van der Waals surface area contributed by atoms with Gasteiger partial charge in [0, 0.05) is 23.4 Å². The number of esters is 1. The minimum Gasteiger partial charge on any atom is -0.464 e. The van der Waals surface area contributed by atoms with Crippen molar-refractivity contribution >= 4 is 28.8 Å². The molecule has 0 unspecified atom stereocenters. The van der Waals surface area contributed by atoms with E-state index in [1.54, 1.807) is 18.2 Å². The molecule has 0 bridgehead atoms. The van der Waals surface area contributed by atoms with Crippen molar-refractivity contribution in [1.29, 1.82) is 0 Å². The summed E-state index contributed by atoms with van der Waals surface area (Å²) in [4.78, 5) is 26.9. The predicted octanol–water partition coefficient (Wildman–Crippen LogP) is 1.76. The Morgan fingerprint density at radius 2 is 2.12 bits per heavy atom. The highest BCUT2D eigenvalue weighted by Crippen LogP contribution is 2.05. The maximum absolute atomic E-state index is 11.3. The third-order valence-corrected chi connectivity index (χ3v) is 2.31. The van der Waals surface area contributed by atoms with Crippen molar-refractivity contribution in [2.45, 2.75) is 19.8 Å². The topological polar surface area (TPSA) is 56.3 Å². The lowest BCUT2D eigenvalue weighted by molar-refractivity contribution is -0.115. The van der Waals surface area contributed by atoms with Gasteiger partial charge in [0.2, 0.25) is 0 Å². The van der Waals surface area contributed by atoms with Crippen molar-refractivity contribution in [3.05, 3.63) is 29.6 Å². The van der Waals surface area contributed by atoms with E-state index in [-0.39, 0.29) is 17.9 Å². The lowest BCUT2D eigenvalue weighted by Gasteiger charge is -2.03. The summed E-state index contributed by atoms with van der Waals surface area (Å²) in [6.07, 6.45) is 0.680. The van der Waals surface area contributed by atoms with Crippen LogP contribution in [0.25, 0.3) is 0 Å². The summed E-state index contributed by atoms with van der Waals surface area (Å²) < 4.78 is 4.57. The number of Topliss-reactive ketones (excluding diaryl/α,β-unsaturated/α-hetero) is 1. The fourth-order valence-corrected chi connectivity index (χ4v) is 1.69. The van der Waals surface area contributed by atoms with Gasteiger partial charge < -0.3 is 4.74 Å². The van der Waals surface area contributed by atoms with Crippen molar-refractivity contribution in [3.63, 3.8) is 0 Å². The highest BCUT2D eigenvalue weighted by molar-refractivity contribution is 7.80. The number of carbonyl (C=O) groups is 2. The van der Waals surface area contributed by atoms with E-state index in [2.05, 4.69) is 9.72 Å². The second-order valence-corrected chi connectivity index (χ2v) is 4.18. The lowest BCUT2D eigenvalue weighted by Crippen LogP contribution is -2.10. The zero-order chi connectivity index (χ0) is 12.8. The maximum Gasteiger partial charge on any atom is 0.356 e. The third-order valence-electron chi connectivity index (χ3n) is 2.03. The second-order valence-electron chi connectivity index (χ2n) is 3.60. The van der Waals surface area contributed by atoms with Crippen LogP contribution in [0.5, 0.6) is 0 Å². The number of methoxy groups -OCH3 is 1. The number of aromatic nitrogens is 1. The number of ether oxygens (including phenoxy) is 1. The first-order chi connectivity index (χ1) is 8.02. The number of thiocarbonyl (C=S) groups is 1. The Labute approximate surface area is 105 Å². The van der Waals surface area contributed by atoms with E-state index in [4.69, 9.17) is 12.2 Å². The van der Waals surface area contributed by atoms with Crippen LogP contribution in [0.1, 0.15) is 29.5 Å². The SMILES string of the molecule is COC(=O)c1cccc(CC(=S)CC(C)=O)n1. The van der Waals surface area contributed by atoms with Crippen molar-refractivity contribution in [1.82, 2.24) is 4.98 Å². The number of pyridine rings is 1. The highest BCUT2D eigenvalue weighted by Gasteiger charge is 2.09. The zero-order valence-electron chi connectivity index (χ0n) is 9.73. The monoisotopic (exact) mass is 251 g/mol. The Morgan fingerprint density at radius 1 is 1.41 bits per heavy atom. The molecular formula is C12H13NO3S. The number of carbonyl (C=O) groups excluding carboxylic acids is 2. The number of nitrogens with zero attached hydrogens (tertiary/aromatic N) is 1. The van der Waals surface area contributed by atoms with Gasteiger partial charge in [-0.1, -0.05) is 18.3 Å². The molecule has 0 amide bonds. The largest absolute Gasteiger partial charge is 0.464 e. The van der Waals surface area contributed by atoms with E-state index >= 15 is 0 Å². The maximum atomic E-state index is 11.3. The second kappa shape index (κ2) is 6.20. The predicted molar refractivity (Wildman–Crippen MR) is 67.2 cm³/mol. The Balaban J connectivity index is 2.75. The third kappa shape index (κ3) is 4.40. The molecule has 0 aliphatic rings. The first-order valence-corrected chi connectivity index (χ1v) is 5.49. The molecule has 0 N–H and O–H groups in total. The highest BCUT2D eigenvalue weighted by atomic mass is 32.1. The molecule has 0 fully saturated rings. The molecule has 0 aliphatic heterocycles. The fourth-order valence-electron chi connectivity index (χ4n) is 1.34. The van der Waals surface area contributed by atoms with Crippen LogP contribution in [0.2, 0.25) is 0 Å². The van der Waals surface area contributed by atoms with Crippen molar-refractivity contribution in [2.75, 3.05) is 7.11 Å². The van der Waals surface area contributed by atoms with Gasteiger partial charge in [0.1, 0.15) is 11.5 Å². The summed E-state index contributed by atoms with van der Waals surface area (Å²) in [6.45, 7) is 1.49. The van der Waals surface area contributed by atoms with Gasteiger partial charge in [-0.05, 0) is 19.1 Å². The van der Waals surface area contributed by atoms with E-state index in [0.29, 0.717) is 17.0 Å². The van der Waals surface area contributed by atoms with Crippen LogP contribution < -0.4 is 0 Å². The number of ketones is 1. The Morgan fingerprint density at radius 3 is 2.71 bits per heavy atom. The minimum atomic E-state index is -0.482. The quantitative estimate of drug-likeness (QED) is 0.589. The van der Waals surface area contributed by atoms with Gasteiger partial charge in [0.25, 0.3) is 0 Å². The van der Waals surface area contributed by atoms with Crippen LogP contribution in [0.4, 0.5) is 0 Å². The summed E-state index contributed by atoms with van der Waals surface area (Å²) in [6, 6.07) is 5.05. The Bertz CT molecular complexity index is 457. The van der Waals surface area contributed by atoms with Gasteiger partial charge in [-0.25, -0.2) is 9.78 Å².